The summed E-state index contributed by atoms with van der Waals surface area (Å²) < 4.78 is 7.37. The van der Waals surface area contributed by atoms with Gasteiger partial charge in [-0.05, 0) is 73.3 Å². The van der Waals surface area contributed by atoms with Gasteiger partial charge in [0.2, 0.25) is 0 Å². The lowest BCUT2D eigenvalue weighted by Gasteiger charge is -2.11. The summed E-state index contributed by atoms with van der Waals surface area (Å²) in [5, 5.41) is 5.01. The lowest BCUT2D eigenvalue weighted by Crippen LogP contribution is -2.20. The molecule has 0 saturated carbocycles. The number of nitrogens with one attached hydrogen (secondary N) is 1. The van der Waals surface area contributed by atoms with E-state index in [4.69, 9.17) is 4.74 Å². The van der Waals surface area contributed by atoms with Crippen molar-refractivity contribution in [3.8, 4) is 5.75 Å². The first kappa shape index (κ1) is 17.0. The molecule has 0 aliphatic heterocycles. The average molecular weight is 449 g/mol. The maximum atomic E-state index is 12.1. The van der Waals surface area contributed by atoms with Crippen molar-refractivity contribution >= 4 is 54.2 Å². The van der Waals surface area contributed by atoms with Gasteiger partial charge in [0.25, 0.3) is 5.91 Å². The van der Waals surface area contributed by atoms with E-state index in [-0.39, 0.29) is 12.5 Å². The van der Waals surface area contributed by atoms with E-state index in [1.165, 1.54) is 0 Å². The Morgan fingerprint density at radius 1 is 1.08 bits per heavy atom. The summed E-state index contributed by atoms with van der Waals surface area (Å²) in [5.41, 5.74) is 1.85. The van der Waals surface area contributed by atoms with Crippen LogP contribution in [0.3, 0.4) is 0 Å². The number of rotatable bonds is 4. The second kappa shape index (κ2) is 7.36. The van der Waals surface area contributed by atoms with Gasteiger partial charge >= 0.3 is 0 Å². The van der Waals surface area contributed by atoms with E-state index in [9.17, 15) is 4.79 Å². The topological polar surface area (TPSA) is 38.3 Å². The minimum Gasteiger partial charge on any atom is -0.483 e. The Hall–Kier alpha value is -1.85. The molecule has 122 valence electrons. The van der Waals surface area contributed by atoms with Gasteiger partial charge in [-0.3, -0.25) is 4.79 Å². The molecule has 0 aromatic heterocycles. The summed E-state index contributed by atoms with van der Waals surface area (Å²) in [4.78, 5) is 12.1. The Kier molecular flexibility index (Phi) is 5.21. The van der Waals surface area contributed by atoms with Crippen LogP contribution in [0.2, 0.25) is 0 Å². The van der Waals surface area contributed by atoms with Crippen LogP contribution in [-0.2, 0) is 4.79 Å². The number of halogens is 2. The van der Waals surface area contributed by atoms with Crippen molar-refractivity contribution in [2.24, 2.45) is 0 Å². The summed E-state index contributed by atoms with van der Waals surface area (Å²) >= 11 is 7.00. The maximum Gasteiger partial charge on any atom is 0.262 e. The molecule has 0 bridgehead atoms. The maximum absolute atomic E-state index is 12.1. The Labute approximate surface area is 157 Å². The predicted octanol–water partition coefficient (Wildman–Crippen LogP) is 5.69. The fraction of sp³-hybridized carbons (Fsp3) is 0.105. The van der Waals surface area contributed by atoms with Crippen molar-refractivity contribution < 1.29 is 9.53 Å². The monoisotopic (exact) mass is 447 g/mol. The molecular formula is C19H15Br2NO2. The largest absolute Gasteiger partial charge is 0.483 e. The number of hydrogen-bond donors (Lipinski definition) is 1. The summed E-state index contributed by atoms with van der Waals surface area (Å²) in [6.07, 6.45) is 0. The minimum absolute atomic E-state index is 0.0583. The van der Waals surface area contributed by atoms with Crippen molar-refractivity contribution in [1.82, 2.24) is 0 Å². The molecule has 0 spiro atoms. The van der Waals surface area contributed by atoms with Crippen LogP contribution < -0.4 is 10.1 Å². The number of ether oxygens (including phenoxy) is 1. The second-order valence-corrected chi connectivity index (χ2v) is 7.07. The van der Waals surface area contributed by atoms with E-state index in [1.807, 2.05) is 61.5 Å². The molecule has 0 unspecified atom stereocenters. The van der Waals surface area contributed by atoms with E-state index >= 15 is 0 Å². The van der Waals surface area contributed by atoms with E-state index in [0.29, 0.717) is 5.75 Å². The molecule has 0 heterocycles. The number of fused-ring (bicyclic) bond motifs is 1. The highest BCUT2D eigenvalue weighted by molar-refractivity contribution is 9.11. The summed E-state index contributed by atoms with van der Waals surface area (Å²) in [7, 11) is 0. The summed E-state index contributed by atoms with van der Waals surface area (Å²) in [5.74, 6) is 0.437. The Bertz CT molecular complexity index is 909. The molecule has 3 aromatic carbocycles. The van der Waals surface area contributed by atoms with Gasteiger partial charge in [-0.15, -0.1) is 0 Å². The quantitative estimate of drug-likeness (QED) is 0.556. The van der Waals surface area contributed by atoms with E-state index < -0.39 is 0 Å². The Morgan fingerprint density at radius 3 is 2.67 bits per heavy atom. The minimum atomic E-state index is -0.209. The molecule has 0 aliphatic rings. The first-order valence-electron chi connectivity index (χ1n) is 7.40. The van der Waals surface area contributed by atoms with Gasteiger partial charge in [0, 0.05) is 4.47 Å². The van der Waals surface area contributed by atoms with Crippen LogP contribution in [0.1, 0.15) is 5.56 Å². The zero-order chi connectivity index (χ0) is 17.1. The molecule has 1 N–H and O–H groups in total. The molecule has 0 fully saturated rings. The fourth-order valence-corrected chi connectivity index (χ4v) is 3.58. The van der Waals surface area contributed by atoms with Crippen molar-refractivity contribution in [1.29, 1.82) is 0 Å². The number of aryl methyl sites for hydroxylation is 1. The zero-order valence-electron chi connectivity index (χ0n) is 13.0. The Balaban J connectivity index is 1.69. The third kappa shape index (κ3) is 3.79. The third-order valence-corrected chi connectivity index (χ3v) is 5.06. The van der Waals surface area contributed by atoms with Crippen molar-refractivity contribution in [3.05, 3.63) is 69.1 Å². The van der Waals surface area contributed by atoms with Crippen LogP contribution in [0.5, 0.6) is 5.75 Å². The molecule has 3 nitrogen and oxygen atoms in total. The first-order chi connectivity index (χ1) is 11.5. The standard InChI is InChI=1S/C19H15Br2NO2/c1-12-6-8-16(15(20)10-12)22-18(23)11-24-17-9-7-13-4-2-3-5-14(13)19(17)21/h2-10H,11H2,1H3,(H,22,23). The van der Waals surface area contributed by atoms with Crippen LogP contribution >= 0.6 is 31.9 Å². The predicted molar refractivity (Wildman–Crippen MR) is 105 cm³/mol. The fourth-order valence-electron chi connectivity index (χ4n) is 2.38. The number of amides is 1. The van der Waals surface area contributed by atoms with Gasteiger partial charge in [-0.2, -0.15) is 0 Å². The number of carbonyl (C=O) groups is 1. The molecule has 0 saturated heterocycles. The smallest absolute Gasteiger partial charge is 0.262 e. The number of benzene rings is 3. The molecule has 0 radical (unpaired) electrons. The van der Waals surface area contributed by atoms with Crippen LogP contribution in [0, 0.1) is 6.92 Å². The highest BCUT2D eigenvalue weighted by atomic mass is 79.9. The van der Waals surface area contributed by atoms with Gasteiger partial charge < -0.3 is 10.1 Å². The molecule has 1 amide bonds. The number of anilines is 1. The first-order valence-corrected chi connectivity index (χ1v) is 8.99. The molecule has 5 heteroatoms. The van der Waals surface area contributed by atoms with Gasteiger partial charge in [0.1, 0.15) is 5.75 Å². The zero-order valence-corrected chi connectivity index (χ0v) is 16.1. The molecule has 3 aromatic rings. The lowest BCUT2D eigenvalue weighted by molar-refractivity contribution is -0.118. The number of carbonyl (C=O) groups excluding carboxylic acids is 1. The highest BCUT2D eigenvalue weighted by Crippen LogP contribution is 2.33. The lowest BCUT2D eigenvalue weighted by atomic mass is 10.1. The van der Waals surface area contributed by atoms with Gasteiger partial charge in [-0.1, -0.05) is 36.4 Å². The van der Waals surface area contributed by atoms with Crippen molar-refractivity contribution in [2.75, 3.05) is 11.9 Å². The summed E-state index contributed by atoms with van der Waals surface area (Å²) in [6.45, 7) is 1.94. The van der Waals surface area contributed by atoms with Gasteiger partial charge in [0.05, 0.1) is 10.2 Å². The molecule has 24 heavy (non-hydrogen) atoms. The molecule has 0 atom stereocenters. The van der Waals surface area contributed by atoms with Crippen LogP contribution in [0.4, 0.5) is 5.69 Å². The summed E-state index contributed by atoms with van der Waals surface area (Å²) in [6, 6.07) is 17.6. The normalized spacial score (nSPS) is 10.6. The van der Waals surface area contributed by atoms with Crippen molar-refractivity contribution in [3.63, 3.8) is 0 Å². The average Bonchev–Trinajstić information content (AvgIpc) is 2.57. The molecule has 0 aliphatic carbocycles. The molecule has 3 rings (SSSR count). The van der Waals surface area contributed by atoms with Crippen LogP contribution in [0.25, 0.3) is 10.8 Å². The van der Waals surface area contributed by atoms with E-state index in [2.05, 4.69) is 37.2 Å². The van der Waals surface area contributed by atoms with Gasteiger partial charge in [0.15, 0.2) is 6.61 Å². The Morgan fingerprint density at radius 2 is 1.88 bits per heavy atom. The van der Waals surface area contributed by atoms with E-state index in [1.54, 1.807) is 0 Å². The number of hydrogen-bond acceptors (Lipinski definition) is 2. The second-order valence-electron chi connectivity index (χ2n) is 5.42. The van der Waals surface area contributed by atoms with Crippen LogP contribution in [0.15, 0.2) is 63.5 Å². The van der Waals surface area contributed by atoms with E-state index in [0.717, 1.165) is 31.0 Å². The third-order valence-electron chi connectivity index (χ3n) is 3.59. The van der Waals surface area contributed by atoms with Crippen LogP contribution in [-0.4, -0.2) is 12.5 Å². The SMILES string of the molecule is Cc1ccc(NC(=O)COc2ccc3ccccc3c2Br)c(Br)c1. The van der Waals surface area contributed by atoms with Gasteiger partial charge in [-0.25, -0.2) is 0 Å². The molecular weight excluding hydrogens is 434 g/mol. The van der Waals surface area contributed by atoms with Crippen molar-refractivity contribution in [2.45, 2.75) is 6.92 Å². The highest BCUT2D eigenvalue weighted by Gasteiger charge is 2.10.